The van der Waals surface area contributed by atoms with Crippen molar-refractivity contribution in [1.29, 1.82) is 0 Å². The number of rotatable bonds is 4. The zero-order valence-corrected chi connectivity index (χ0v) is 11.6. The van der Waals surface area contributed by atoms with Crippen LogP contribution in [-0.4, -0.2) is 58.8 Å². The minimum Gasteiger partial charge on any atom is -0.481 e. The van der Waals surface area contributed by atoms with Crippen LogP contribution in [0.15, 0.2) is 0 Å². The molecule has 5 nitrogen and oxygen atoms in total. The third kappa shape index (κ3) is 4.25. The summed E-state index contributed by atoms with van der Waals surface area (Å²) in [6.07, 6.45) is -2.51. The van der Waals surface area contributed by atoms with Crippen molar-refractivity contribution in [3.05, 3.63) is 0 Å². The van der Waals surface area contributed by atoms with Gasteiger partial charge in [-0.25, -0.2) is 4.79 Å². The van der Waals surface area contributed by atoms with Gasteiger partial charge in [0.2, 0.25) is 0 Å². The first-order valence-electron chi connectivity index (χ1n) is 7.13. The van der Waals surface area contributed by atoms with Crippen molar-refractivity contribution in [2.45, 2.75) is 44.3 Å². The van der Waals surface area contributed by atoms with Gasteiger partial charge in [-0.05, 0) is 25.7 Å². The number of likely N-dealkylation sites (tertiary alicyclic amines) is 1. The van der Waals surface area contributed by atoms with E-state index in [0.29, 0.717) is 13.0 Å². The van der Waals surface area contributed by atoms with Gasteiger partial charge in [0.05, 0.1) is 12.3 Å². The fourth-order valence-electron chi connectivity index (χ4n) is 2.64. The number of piperidine rings is 1. The van der Waals surface area contributed by atoms with E-state index >= 15 is 0 Å². The Morgan fingerprint density at radius 2 is 1.90 bits per heavy atom. The average molecular weight is 308 g/mol. The Bertz CT molecular complexity index is 410. The van der Waals surface area contributed by atoms with Gasteiger partial charge in [0.25, 0.3) is 0 Å². The van der Waals surface area contributed by atoms with E-state index in [1.165, 1.54) is 9.80 Å². The van der Waals surface area contributed by atoms with Crippen LogP contribution in [0.5, 0.6) is 0 Å². The second-order valence-electron chi connectivity index (χ2n) is 5.68. The number of nitrogens with zero attached hydrogens (tertiary/aromatic N) is 2. The minimum absolute atomic E-state index is 0.0110. The number of carbonyl (C=O) groups is 2. The molecule has 120 valence electrons. The number of carboxylic acid groups (broad SMARTS) is 1. The summed E-state index contributed by atoms with van der Waals surface area (Å²) in [7, 11) is 0. The molecule has 0 aromatic heterocycles. The smallest absolute Gasteiger partial charge is 0.393 e. The molecule has 1 unspecified atom stereocenters. The summed E-state index contributed by atoms with van der Waals surface area (Å²) in [6, 6.07) is -0.462. The lowest BCUT2D eigenvalue weighted by molar-refractivity contribution is -0.184. The molecule has 2 aliphatic rings. The molecule has 0 bridgehead atoms. The van der Waals surface area contributed by atoms with Gasteiger partial charge in [0.15, 0.2) is 0 Å². The lowest BCUT2D eigenvalue weighted by atomic mass is 9.98. The fraction of sp³-hybridized carbons (Fsp3) is 0.846. The highest BCUT2D eigenvalue weighted by molar-refractivity contribution is 5.76. The normalized spacial score (nSPS) is 23.0. The first kappa shape index (κ1) is 15.9. The van der Waals surface area contributed by atoms with Crippen LogP contribution in [0.3, 0.4) is 0 Å². The van der Waals surface area contributed by atoms with Crippen LogP contribution in [0.4, 0.5) is 18.0 Å². The summed E-state index contributed by atoms with van der Waals surface area (Å²) in [5.74, 6) is -2.49. The third-order valence-electron chi connectivity index (χ3n) is 3.95. The molecule has 2 amide bonds. The van der Waals surface area contributed by atoms with Crippen LogP contribution in [-0.2, 0) is 4.79 Å². The first-order valence-corrected chi connectivity index (χ1v) is 7.13. The Hall–Kier alpha value is -1.47. The van der Waals surface area contributed by atoms with Crippen LogP contribution < -0.4 is 0 Å². The molecule has 21 heavy (non-hydrogen) atoms. The number of halogens is 3. The quantitative estimate of drug-likeness (QED) is 0.867. The first-order chi connectivity index (χ1) is 9.79. The number of hydrogen-bond donors (Lipinski definition) is 1. The number of aliphatic carboxylic acids is 1. The van der Waals surface area contributed by atoms with Gasteiger partial charge < -0.3 is 14.9 Å². The van der Waals surface area contributed by atoms with E-state index in [1.54, 1.807) is 0 Å². The van der Waals surface area contributed by atoms with E-state index in [-0.39, 0.29) is 32.0 Å². The van der Waals surface area contributed by atoms with E-state index in [9.17, 15) is 22.8 Å². The zero-order chi connectivity index (χ0) is 15.6. The Balaban J connectivity index is 1.97. The Kier molecular flexibility index (Phi) is 4.63. The second kappa shape index (κ2) is 6.11. The van der Waals surface area contributed by atoms with E-state index < -0.39 is 24.1 Å². The Morgan fingerprint density at radius 1 is 1.24 bits per heavy atom. The molecule has 1 aliphatic heterocycles. The molecule has 1 heterocycles. The molecular formula is C13H19F3N2O3. The number of carbonyl (C=O) groups excluding carboxylic acids is 1. The molecule has 1 saturated heterocycles. The number of carboxylic acids is 1. The van der Waals surface area contributed by atoms with E-state index in [4.69, 9.17) is 5.11 Å². The molecule has 0 aromatic rings. The highest BCUT2D eigenvalue weighted by atomic mass is 19.4. The second-order valence-corrected chi connectivity index (χ2v) is 5.68. The zero-order valence-electron chi connectivity index (χ0n) is 11.6. The Labute approximate surface area is 120 Å². The highest BCUT2D eigenvalue weighted by Gasteiger charge is 2.44. The molecule has 1 atom stereocenters. The van der Waals surface area contributed by atoms with Gasteiger partial charge in [-0.15, -0.1) is 0 Å². The molecule has 1 aliphatic carbocycles. The predicted octanol–water partition coefficient (Wildman–Crippen LogP) is 2.32. The third-order valence-corrected chi connectivity index (χ3v) is 3.95. The van der Waals surface area contributed by atoms with Gasteiger partial charge >= 0.3 is 18.2 Å². The van der Waals surface area contributed by atoms with E-state index in [1.807, 2.05) is 0 Å². The largest absolute Gasteiger partial charge is 0.481 e. The summed E-state index contributed by atoms with van der Waals surface area (Å²) in [5.41, 5.74) is 0. The standard InChI is InChI=1S/C13H19F3N2O3/c14-13(15,16)9-2-1-6-17(8-9)12(21)18(10-3-4-10)7-5-11(19)20/h9-10H,1-8H2,(H,19,20). The number of hydrogen-bond acceptors (Lipinski definition) is 2. The Morgan fingerprint density at radius 3 is 2.43 bits per heavy atom. The lowest BCUT2D eigenvalue weighted by Crippen LogP contribution is -2.51. The monoisotopic (exact) mass is 308 g/mol. The van der Waals surface area contributed by atoms with Crippen molar-refractivity contribution in [1.82, 2.24) is 9.80 Å². The van der Waals surface area contributed by atoms with Crippen LogP contribution in [0.25, 0.3) is 0 Å². The van der Waals surface area contributed by atoms with Crippen LogP contribution in [0, 0.1) is 5.92 Å². The molecule has 2 rings (SSSR count). The summed E-state index contributed by atoms with van der Waals surface area (Å²) in [4.78, 5) is 25.6. The van der Waals surface area contributed by atoms with Crippen molar-refractivity contribution >= 4 is 12.0 Å². The number of amides is 2. The molecule has 2 fully saturated rings. The molecular weight excluding hydrogens is 289 g/mol. The predicted molar refractivity (Wildman–Crippen MR) is 67.7 cm³/mol. The SMILES string of the molecule is O=C(O)CCN(C(=O)N1CCCC(C(F)(F)F)C1)C1CC1. The molecule has 0 radical (unpaired) electrons. The molecule has 1 saturated carbocycles. The van der Waals surface area contributed by atoms with Crippen LogP contribution >= 0.6 is 0 Å². The van der Waals surface area contributed by atoms with Gasteiger partial charge in [-0.3, -0.25) is 4.79 Å². The summed E-state index contributed by atoms with van der Waals surface area (Å²) < 4.78 is 38.3. The van der Waals surface area contributed by atoms with Gasteiger partial charge in [-0.1, -0.05) is 0 Å². The minimum atomic E-state index is -4.29. The maximum Gasteiger partial charge on any atom is 0.393 e. The van der Waals surface area contributed by atoms with Gasteiger partial charge in [-0.2, -0.15) is 13.2 Å². The average Bonchev–Trinajstić information content (AvgIpc) is 3.22. The number of alkyl halides is 3. The summed E-state index contributed by atoms with van der Waals surface area (Å²) in [5, 5.41) is 8.71. The van der Waals surface area contributed by atoms with Crippen molar-refractivity contribution in [2.24, 2.45) is 5.92 Å². The lowest BCUT2D eigenvalue weighted by Gasteiger charge is -2.37. The van der Waals surface area contributed by atoms with Crippen molar-refractivity contribution in [3.8, 4) is 0 Å². The molecule has 8 heteroatoms. The van der Waals surface area contributed by atoms with Gasteiger partial charge in [0, 0.05) is 25.7 Å². The van der Waals surface area contributed by atoms with Gasteiger partial charge in [0.1, 0.15) is 0 Å². The van der Waals surface area contributed by atoms with Crippen molar-refractivity contribution in [2.75, 3.05) is 19.6 Å². The van der Waals surface area contributed by atoms with Crippen LogP contribution in [0.2, 0.25) is 0 Å². The van der Waals surface area contributed by atoms with Crippen molar-refractivity contribution < 1.29 is 27.9 Å². The molecule has 0 aromatic carbocycles. The van der Waals surface area contributed by atoms with Crippen molar-refractivity contribution in [3.63, 3.8) is 0 Å². The van der Waals surface area contributed by atoms with E-state index in [0.717, 1.165) is 12.8 Å². The maximum atomic E-state index is 12.8. The topological polar surface area (TPSA) is 60.9 Å². The fourth-order valence-corrected chi connectivity index (χ4v) is 2.64. The van der Waals surface area contributed by atoms with Crippen LogP contribution in [0.1, 0.15) is 32.1 Å². The number of urea groups is 1. The summed E-state index contributed by atoms with van der Waals surface area (Å²) >= 11 is 0. The van der Waals surface area contributed by atoms with E-state index in [2.05, 4.69) is 0 Å². The highest BCUT2D eigenvalue weighted by Crippen LogP contribution is 2.34. The summed E-state index contributed by atoms with van der Waals surface area (Å²) in [6.45, 7) is 0.0480. The molecule has 0 spiro atoms. The maximum absolute atomic E-state index is 12.8. The molecule has 1 N–H and O–H groups in total.